The largest absolute Gasteiger partial charge is 0.465 e. The molecule has 0 bridgehead atoms. The van der Waals surface area contributed by atoms with Crippen molar-refractivity contribution in [2.75, 3.05) is 37.8 Å². The summed E-state index contributed by atoms with van der Waals surface area (Å²) in [7, 11) is 3.74. The molecule has 1 aromatic heterocycles. The van der Waals surface area contributed by atoms with Crippen molar-refractivity contribution in [1.29, 1.82) is 0 Å². The van der Waals surface area contributed by atoms with E-state index >= 15 is 0 Å². The van der Waals surface area contributed by atoms with Gasteiger partial charge in [-0.2, -0.15) is 0 Å². The topological polar surface area (TPSA) is 167 Å². The molecule has 4 aromatic carbocycles. The monoisotopic (exact) mass is 755 g/mol. The molecule has 5 N–H and O–H groups in total. The van der Waals surface area contributed by atoms with Crippen LogP contribution in [0.4, 0.5) is 16.2 Å². The lowest BCUT2D eigenvalue weighted by atomic mass is 10.0. The Morgan fingerprint density at radius 1 is 0.696 bits per heavy atom. The van der Waals surface area contributed by atoms with Crippen LogP contribution in [0.25, 0.3) is 22.2 Å². The van der Waals surface area contributed by atoms with E-state index in [1.165, 1.54) is 4.90 Å². The number of benzene rings is 4. The summed E-state index contributed by atoms with van der Waals surface area (Å²) < 4.78 is 0. The average molecular weight is 756 g/mol. The van der Waals surface area contributed by atoms with Gasteiger partial charge in [0.15, 0.2) is 0 Å². The van der Waals surface area contributed by atoms with Gasteiger partial charge in [-0.05, 0) is 92.9 Å². The Kier molecular flexibility index (Phi) is 11.1. The van der Waals surface area contributed by atoms with Crippen LogP contribution in [0.5, 0.6) is 0 Å². The second kappa shape index (κ2) is 16.5. The highest BCUT2D eigenvalue weighted by molar-refractivity contribution is 6.01. The van der Waals surface area contributed by atoms with Gasteiger partial charge in [-0.3, -0.25) is 24.1 Å². The minimum Gasteiger partial charge on any atom is -0.465 e. The highest BCUT2D eigenvalue weighted by Gasteiger charge is 2.40. The number of amides is 5. The number of carbonyl (C=O) groups is 5. The number of H-pyrrole nitrogens is 1. The predicted molar refractivity (Wildman–Crippen MR) is 214 cm³/mol. The predicted octanol–water partition coefficient (Wildman–Crippen LogP) is 6.01. The summed E-state index contributed by atoms with van der Waals surface area (Å²) in [4.78, 5) is 74.4. The van der Waals surface area contributed by atoms with Crippen LogP contribution in [-0.4, -0.2) is 93.8 Å². The molecule has 4 atom stereocenters. The second-order valence-corrected chi connectivity index (χ2v) is 14.5. The number of anilines is 2. The lowest BCUT2D eigenvalue weighted by Gasteiger charge is -2.31. The summed E-state index contributed by atoms with van der Waals surface area (Å²) in [5.41, 5.74) is 5.17. The van der Waals surface area contributed by atoms with Gasteiger partial charge in [0.05, 0.1) is 0 Å². The Bertz CT molecular complexity index is 2220. The minimum absolute atomic E-state index is 0.0890. The molecular weight excluding hydrogens is 711 g/mol. The number of likely N-dealkylation sites (tertiary alicyclic amines) is 2. The van der Waals surface area contributed by atoms with Gasteiger partial charge >= 0.3 is 6.09 Å². The first-order valence-corrected chi connectivity index (χ1v) is 18.8. The van der Waals surface area contributed by atoms with E-state index in [2.05, 4.69) is 20.9 Å². The number of rotatable bonds is 11. The molecular formula is C43H45N7O6. The van der Waals surface area contributed by atoms with Crippen molar-refractivity contribution in [1.82, 2.24) is 25.0 Å². The van der Waals surface area contributed by atoms with Gasteiger partial charge in [0.25, 0.3) is 5.91 Å². The Morgan fingerprint density at radius 2 is 1.25 bits per heavy atom. The number of aromatic nitrogens is 1. The Morgan fingerprint density at radius 3 is 1.84 bits per heavy atom. The highest BCUT2D eigenvalue weighted by Crippen LogP contribution is 2.31. The van der Waals surface area contributed by atoms with E-state index in [-0.39, 0.29) is 17.7 Å². The zero-order chi connectivity index (χ0) is 39.3. The molecule has 13 heteroatoms. The molecule has 0 radical (unpaired) electrons. The van der Waals surface area contributed by atoms with Crippen LogP contribution < -0.4 is 16.0 Å². The van der Waals surface area contributed by atoms with Gasteiger partial charge in [-0.15, -0.1) is 0 Å². The summed E-state index contributed by atoms with van der Waals surface area (Å²) in [6.45, 7) is 0.869. The molecule has 13 nitrogen and oxygen atoms in total. The van der Waals surface area contributed by atoms with E-state index in [0.717, 1.165) is 34.1 Å². The lowest BCUT2D eigenvalue weighted by Crippen LogP contribution is -2.48. The molecule has 56 heavy (non-hydrogen) atoms. The van der Waals surface area contributed by atoms with Gasteiger partial charge in [0, 0.05) is 41.1 Å². The standard InChI is InChI=1S/C43H45N7O6/c1-48(2)38(29-13-7-4-8-14-29)42(54)50-24-10-16-36(50)39(51)44-31-19-17-27(18-20-31)34-26-30-25-32(21-22-33(30)46-34)45-40(52)35-15-9-23-49(35)41(53)37(47-43(55)56)28-11-5-3-6-12-28/h3-8,11-14,17-22,25-26,35-38,46-47H,9-10,15-16,23-24H2,1-2H3,(H,44,51)(H,45,52)(H,55,56)/t35-,36-,37?,38?/m0/s1. The molecule has 7 rings (SSSR count). The highest BCUT2D eigenvalue weighted by atomic mass is 16.4. The smallest absolute Gasteiger partial charge is 0.405 e. The fraction of sp³-hybridized carbons (Fsp3) is 0.279. The minimum atomic E-state index is -1.33. The van der Waals surface area contributed by atoms with Crippen molar-refractivity contribution in [3.63, 3.8) is 0 Å². The van der Waals surface area contributed by atoms with Gasteiger partial charge in [0.1, 0.15) is 24.2 Å². The number of hydrogen-bond acceptors (Lipinski definition) is 6. The molecule has 0 spiro atoms. The summed E-state index contributed by atoms with van der Waals surface area (Å²) in [5, 5.41) is 18.6. The Balaban J connectivity index is 0.992. The van der Waals surface area contributed by atoms with Crippen LogP contribution in [0.15, 0.2) is 109 Å². The van der Waals surface area contributed by atoms with Gasteiger partial charge in [-0.1, -0.05) is 72.8 Å². The maximum absolute atomic E-state index is 13.7. The number of hydrogen-bond donors (Lipinski definition) is 5. The van der Waals surface area contributed by atoms with Crippen LogP contribution in [0.1, 0.15) is 48.9 Å². The molecule has 288 valence electrons. The van der Waals surface area contributed by atoms with Crippen LogP contribution in [0.3, 0.4) is 0 Å². The van der Waals surface area contributed by atoms with Gasteiger partial charge < -0.3 is 35.8 Å². The molecule has 2 saturated heterocycles. The maximum Gasteiger partial charge on any atom is 0.405 e. The van der Waals surface area contributed by atoms with Crippen molar-refractivity contribution in [2.45, 2.75) is 49.9 Å². The van der Waals surface area contributed by atoms with E-state index in [0.29, 0.717) is 49.3 Å². The van der Waals surface area contributed by atoms with Crippen LogP contribution in [-0.2, 0) is 19.2 Å². The molecule has 5 amide bonds. The fourth-order valence-electron chi connectivity index (χ4n) is 7.83. The molecule has 2 unspecified atom stereocenters. The quantitative estimate of drug-likeness (QED) is 0.110. The molecule has 2 aliphatic rings. The molecule has 2 fully saturated rings. The first-order valence-electron chi connectivity index (χ1n) is 18.8. The summed E-state index contributed by atoms with van der Waals surface area (Å²) >= 11 is 0. The van der Waals surface area contributed by atoms with E-state index in [1.807, 2.05) is 91.8 Å². The van der Waals surface area contributed by atoms with Crippen molar-refractivity contribution >= 4 is 52.0 Å². The van der Waals surface area contributed by atoms with E-state index < -0.39 is 36.2 Å². The fourth-order valence-corrected chi connectivity index (χ4v) is 7.83. The van der Waals surface area contributed by atoms with E-state index in [9.17, 15) is 29.1 Å². The third-order valence-electron chi connectivity index (χ3n) is 10.5. The lowest BCUT2D eigenvalue weighted by molar-refractivity contribution is -0.140. The molecule has 0 saturated carbocycles. The SMILES string of the molecule is CN(C)C(C(=O)N1CCC[C@H]1C(=O)Nc1ccc(-c2cc3cc(NC(=O)[C@@H]4CCCN4C(=O)C(NC(=O)O)c4ccccc4)ccc3[nH]2)cc1)c1ccccc1. The van der Waals surface area contributed by atoms with Gasteiger partial charge in [-0.25, -0.2) is 4.79 Å². The van der Waals surface area contributed by atoms with Crippen LogP contribution in [0.2, 0.25) is 0 Å². The first kappa shape index (κ1) is 37.8. The number of carboxylic acid groups (broad SMARTS) is 1. The number of fused-ring (bicyclic) bond motifs is 1. The first-order chi connectivity index (χ1) is 27.1. The third kappa shape index (κ3) is 8.13. The summed E-state index contributed by atoms with van der Waals surface area (Å²) in [6, 6.07) is 30.3. The summed E-state index contributed by atoms with van der Waals surface area (Å²) in [5.74, 6) is -1.12. The van der Waals surface area contributed by atoms with Crippen LogP contribution >= 0.6 is 0 Å². The number of nitrogens with zero attached hydrogens (tertiary/aromatic N) is 3. The van der Waals surface area contributed by atoms with Crippen molar-refractivity contribution < 1.29 is 29.1 Å². The molecule has 0 aliphatic carbocycles. The molecule has 5 aromatic rings. The van der Waals surface area contributed by atoms with Gasteiger partial charge in [0.2, 0.25) is 17.7 Å². The van der Waals surface area contributed by atoms with E-state index in [4.69, 9.17) is 0 Å². The van der Waals surface area contributed by atoms with Crippen LogP contribution in [0, 0.1) is 0 Å². The number of carbonyl (C=O) groups excluding carboxylic acids is 4. The third-order valence-corrected chi connectivity index (χ3v) is 10.5. The number of nitrogens with one attached hydrogen (secondary N) is 4. The molecule has 3 heterocycles. The number of aromatic amines is 1. The average Bonchev–Trinajstić information content (AvgIpc) is 3.98. The molecule has 2 aliphatic heterocycles. The Labute approximate surface area is 324 Å². The van der Waals surface area contributed by atoms with Crippen molar-refractivity contribution in [2.24, 2.45) is 0 Å². The second-order valence-electron chi connectivity index (χ2n) is 14.5. The maximum atomic E-state index is 13.7. The Hall–Kier alpha value is -6.47. The zero-order valence-corrected chi connectivity index (χ0v) is 31.3. The van der Waals surface area contributed by atoms with Crippen molar-refractivity contribution in [3.05, 3.63) is 120 Å². The summed E-state index contributed by atoms with van der Waals surface area (Å²) in [6.07, 6.45) is 1.10. The zero-order valence-electron chi connectivity index (χ0n) is 31.3. The normalized spacial score (nSPS) is 17.8. The van der Waals surface area contributed by atoms with E-state index in [1.54, 1.807) is 41.3 Å². The number of likely N-dealkylation sites (N-methyl/N-ethyl adjacent to an activating group) is 1. The van der Waals surface area contributed by atoms with Crippen molar-refractivity contribution in [3.8, 4) is 11.3 Å².